The van der Waals surface area contributed by atoms with Crippen molar-refractivity contribution in [2.45, 2.75) is 26.4 Å². The number of para-hydroxylation sites is 2. The average Bonchev–Trinajstić information content (AvgIpc) is 2.88. The zero-order chi connectivity index (χ0) is 13.8. The lowest BCUT2D eigenvalue weighted by Gasteiger charge is -2.13. The summed E-state index contributed by atoms with van der Waals surface area (Å²) in [6, 6.07) is 6.59. The van der Waals surface area contributed by atoms with Crippen LogP contribution in [-0.2, 0) is 6.54 Å². The molecule has 1 N–H and O–H groups in total. The van der Waals surface area contributed by atoms with Gasteiger partial charge >= 0.3 is 0 Å². The highest BCUT2D eigenvalue weighted by Gasteiger charge is 2.15. The Morgan fingerprint density at radius 1 is 1.47 bits per heavy atom. The van der Waals surface area contributed by atoms with Gasteiger partial charge in [-0.15, -0.1) is 0 Å². The molecule has 0 aliphatic carbocycles. The van der Waals surface area contributed by atoms with Gasteiger partial charge in [-0.25, -0.2) is 0 Å². The van der Waals surface area contributed by atoms with Crippen molar-refractivity contribution in [1.82, 2.24) is 9.78 Å². The maximum Gasteiger partial charge on any atom is 0.292 e. The summed E-state index contributed by atoms with van der Waals surface area (Å²) in [6.45, 7) is 4.77. The Hall–Kier alpha value is -2.37. The van der Waals surface area contributed by atoms with Crippen LogP contribution in [0.5, 0.6) is 0 Å². The highest BCUT2D eigenvalue weighted by molar-refractivity contribution is 5.61. The number of nitrogens with one attached hydrogen (secondary N) is 1. The van der Waals surface area contributed by atoms with Crippen LogP contribution in [-0.4, -0.2) is 14.7 Å². The zero-order valence-corrected chi connectivity index (χ0v) is 10.9. The Labute approximate surface area is 111 Å². The number of nitrogens with zero attached hydrogens (tertiary/aromatic N) is 3. The first-order valence-corrected chi connectivity index (χ1v) is 6.14. The molecule has 0 bridgehead atoms. The number of aromatic nitrogens is 2. The van der Waals surface area contributed by atoms with Gasteiger partial charge in [0.1, 0.15) is 5.69 Å². The summed E-state index contributed by atoms with van der Waals surface area (Å²) in [5, 5.41) is 18.3. The second kappa shape index (κ2) is 5.51. The molecule has 1 aromatic heterocycles. The Bertz CT molecular complexity index is 580. The van der Waals surface area contributed by atoms with Crippen molar-refractivity contribution in [3.63, 3.8) is 0 Å². The highest BCUT2D eigenvalue weighted by Crippen LogP contribution is 2.27. The summed E-state index contributed by atoms with van der Waals surface area (Å²) in [6.07, 6.45) is 3.71. The van der Waals surface area contributed by atoms with Gasteiger partial charge in [0.05, 0.1) is 17.2 Å². The largest absolute Gasteiger partial charge is 0.373 e. The molecule has 1 unspecified atom stereocenters. The van der Waals surface area contributed by atoms with Gasteiger partial charge in [0.15, 0.2) is 0 Å². The second-order valence-corrected chi connectivity index (χ2v) is 4.27. The molecule has 6 heteroatoms. The molecule has 1 atom stereocenters. The molecule has 0 amide bonds. The predicted molar refractivity (Wildman–Crippen MR) is 73.0 cm³/mol. The molecule has 2 aromatic rings. The Morgan fingerprint density at radius 3 is 2.84 bits per heavy atom. The average molecular weight is 260 g/mol. The number of hydrogen-bond donors (Lipinski definition) is 1. The van der Waals surface area contributed by atoms with Crippen LogP contribution in [0, 0.1) is 10.1 Å². The zero-order valence-electron chi connectivity index (χ0n) is 10.9. The van der Waals surface area contributed by atoms with Crippen LogP contribution in [0.4, 0.5) is 11.4 Å². The summed E-state index contributed by atoms with van der Waals surface area (Å²) in [7, 11) is 0. The first-order chi connectivity index (χ1) is 9.11. The van der Waals surface area contributed by atoms with Crippen LogP contribution in [0.3, 0.4) is 0 Å². The minimum absolute atomic E-state index is 0.0404. The third-order valence-corrected chi connectivity index (χ3v) is 2.95. The number of anilines is 1. The Morgan fingerprint density at radius 2 is 2.21 bits per heavy atom. The molecule has 1 aromatic carbocycles. The molecule has 0 saturated carbocycles. The minimum Gasteiger partial charge on any atom is -0.373 e. The molecule has 19 heavy (non-hydrogen) atoms. The van der Waals surface area contributed by atoms with Crippen LogP contribution in [0.2, 0.25) is 0 Å². The topological polar surface area (TPSA) is 73.0 Å². The van der Waals surface area contributed by atoms with E-state index in [9.17, 15) is 10.1 Å². The number of nitro groups is 1. The van der Waals surface area contributed by atoms with Gasteiger partial charge in [-0.05, 0) is 19.9 Å². The molecular formula is C13H16N4O2. The van der Waals surface area contributed by atoms with E-state index in [1.165, 1.54) is 6.07 Å². The summed E-state index contributed by atoms with van der Waals surface area (Å²) in [4.78, 5) is 10.6. The van der Waals surface area contributed by atoms with E-state index in [1.54, 1.807) is 24.4 Å². The summed E-state index contributed by atoms with van der Waals surface area (Å²) >= 11 is 0. The van der Waals surface area contributed by atoms with Crippen LogP contribution >= 0.6 is 0 Å². The second-order valence-electron chi connectivity index (χ2n) is 4.27. The molecule has 0 radical (unpaired) electrons. The quantitative estimate of drug-likeness (QED) is 0.662. The number of hydrogen-bond acceptors (Lipinski definition) is 4. The standard InChI is InChI=1S/C13H16N4O2/c1-3-16-9-11(8-14-16)10(2)15-12-6-4-5-7-13(12)17(18)19/h4-10,15H,3H2,1-2H3. The number of nitro benzene ring substituents is 1. The van der Waals surface area contributed by atoms with Crippen molar-refractivity contribution in [1.29, 1.82) is 0 Å². The highest BCUT2D eigenvalue weighted by atomic mass is 16.6. The minimum atomic E-state index is -0.384. The van der Waals surface area contributed by atoms with E-state index in [0.717, 1.165) is 12.1 Å². The normalized spacial score (nSPS) is 12.1. The smallest absolute Gasteiger partial charge is 0.292 e. The van der Waals surface area contributed by atoms with Crippen molar-refractivity contribution in [3.05, 3.63) is 52.3 Å². The lowest BCUT2D eigenvalue weighted by Crippen LogP contribution is -2.07. The van der Waals surface area contributed by atoms with Gasteiger partial charge < -0.3 is 5.32 Å². The molecule has 6 nitrogen and oxygen atoms in total. The summed E-state index contributed by atoms with van der Waals surface area (Å²) < 4.78 is 1.83. The monoisotopic (exact) mass is 260 g/mol. The van der Waals surface area contributed by atoms with E-state index in [1.807, 2.05) is 24.7 Å². The molecule has 0 spiro atoms. The van der Waals surface area contributed by atoms with Gasteiger partial charge in [-0.2, -0.15) is 5.10 Å². The first kappa shape index (κ1) is 13.1. The third kappa shape index (κ3) is 2.90. The van der Waals surface area contributed by atoms with Crippen molar-refractivity contribution in [2.24, 2.45) is 0 Å². The van der Waals surface area contributed by atoms with Crippen LogP contribution < -0.4 is 5.32 Å². The van der Waals surface area contributed by atoms with Gasteiger partial charge in [0.2, 0.25) is 0 Å². The lowest BCUT2D eigenvalue weighted by atomic mass is 10.1. The summed E-state index contributed by atoms with van der Waals surface area (Å²) in [5.74, 6) is 0. The van der Waals surface area contributed by atoms with Gasteiger partial charge in [0, 0.05) is 24.4 Å². The van der Waals surface area contributed by atoms with E-state index in [0.29, 0.717) is 5.69 Å². The summed E-state index contributed by atoms with van der Waals surface area (Å²) in [5.41, 5.74) is 1.60. The van der Waals surface area contributed by atoms with E-state index in [2.05, 4.69) is 10.4 Å². The van der Waals surface area contributed by atoms with Crippen molar-refractivity contribution in [3.8, 4) is 0 Å². The van der Waals surface area contributed by atoms with E-state index in [-0.39, 0.29) is 16.7 Å². The van der Waals surface area contributed by atoms with Gasteiger partial charge in [0.25, 0.3) is 5.69 Å². The maximum atomic E-state index is 10.9. The van der Waals surface area contributed by atoms with E-state index >= 15 is 0 Å². The molecule has 0 aliphatic rings. The molecule has 0 fully saturated rings. The Balaban J connectivity index is 2.19. The fraction of sp³-hybridized carbons (Fsp3) is 0.308. The van der Waals surface area contributed by atoms with E-state index < -0.39 is 0 Å². The van der Waals surface area contributed by atoms with Crippen molar-refractivity contribution < 1.29 is 4.92 Å². The van der Waals surface area contributed by atoms with Gasteiger partial charge in [-0.1, -0.05) is 12.1 Å². The molecule has 0 aliphatic heterocycles. The first-order valence-electron chi connectivity index (χ1n) is 6.14. The Kier molecular flexibility index (Phi) is 3.79. The molecule has 0 saturated heterocycles. The van der Waals surface area contributed by atoms with Crippen LogP contribution in [0.1, 0.15) is 25.5 Å². The number of aryl methyl sites for hydroxylation is 1. The van der Waals surface area contributed by atoms with Gasteiger partial charge in [-0.3, -0.25) is 14.8 Å². The molecule has 1 heterocycles. The fourth-order valence-electron chi connectivity index (χ4n) is 1.85. The number of rotatable bonds is 5. The molecular weight excluding hydrogens is 244 g/mol. The third-order valence-electron chi connectivity index (χ3n) is 2.95. The van der Waals surface area contributed by atoms with E-state index in [4.69, 9.17) is 0 Å². The maximum absolute atomic E-state index is 10.9. The van der Waals surface area contributed by atoms with Crippen LogP contribution in [0.15, 0.2) is 36.7 Å². The van der Waals surface area contributed by atoms with Crippen molar-refractivity contribution >= 4 is 11.4 Å². The number of benzene rings is 1. The molecule has 2 rings (SSSR count). The lowest BCUT2D eigenvalue weighted by molar-refractivity contribution is -0.384. The van der Waals surface area contributed by atoms with Crippen molar-refractivity contribution in [2.75, 3.05) is 5.32 Å². The molecule has 100 valence electrons. The predicted octanol–water partition coefficient (Wildman–Crippen LogP) is 2.98. The SMILES string of the molecule is CCn1cc(C(C)Nc2ccccc2[N+](=O)[O-])cn1. The van der Waals surface area contributed by atoms with Crippen LogP contribution in [0.25, 0.3) is 0 Å². The fourth-order valence-corrected chi connectivity index (χ4v) is 1.85.